The van der Waals surface area contributed by atoms with Gasteiger partial charge in [0.15, 0.2) is 11.3 Å². The number of imide groups is 1. The Hall–Kier alpha value is -5.96. The van der Waals surface area contributed by atoms with Crippen molar-refractivity contribution in [3.8, 4) is 0 Å². The topological polar surface area (TPSA) is 274 Å². The maximum Gasteiger partial charge on any atom is 0.312 e. The van der Waals surface area contributed by atoms with E-state index in [4.69, 9.17) is 27.9 Å². The van der Waals surface area contributed by atoms with Gasteiger partial charge < -0.3 is 54.4 Å². The molecule has 69 heavy (non-hydrogen) atoms. The average molecular weight is 987 g/mol. The van der Waals surface area contributed by atoms with E-state index < -0.39 is 69.2 Å². The predicted molar refractivity (Wildman–Crippen MR) is 238 cm³/mol. The van der Waals surface area contributed by atoms with Crippen LogP contribution < -0.4 is 20.9 Å². The lowest BCUT2D eigenvalue weighted by Crippen LogP contribution is -2.53. The van der Waals surface area contributed by atoms with Gasteiger partial charge in [0.1, 0.15) is 17.7 Å². The molecule has 372 valence electrons. The van der Waals surface area contributed by atoms with Crippen LogP contribution in [0, 0.1) is 11.6 Å². The first-order chi connectivity index (χ1) is 33.2. The number of anilines is 2. The molecule has 24 heteroatoms. The van der Waals surface area contributed by atoms with Gasteiger partial charge >= 0.3 is 10.1 Å². The molecule has 0 radical (unpaired) electrons. The molecule has 5 amide bonds. The number of nitrogens with zero attached hydrogens (tertiary/aromatic N) is 2. The number of carbonyl (C=O) groups excluding carboxylic acids is 5. The summed E-state index contributed by atoms with van der Waals surface area (Å²) in [5.41, 5.74) is -0.464. The van der Waals surface area contributed by atoms with Gasteiger partial charge in [-0.3, -0.25) is 38.4 Å². The Balaban J connectivity index is 0.696. The summed E-state index contributed by atoms with van der Waals surface area (Å²) < 4.78 is 85.5. The van der Waals surface area contributed by atoms with Gasteiger partial charge in [-0.15, -0.1) is 0 Å². The molecule has 0 saturated carbocycles. The normalized spacial score (nSPS) is 19.4. The smallest absolute Gasteiger partial charge is 0.312 e. The van der Waals surface area contributed by atoms with Crippen LogP contribution in [0.1, 0.15) is 47.0 Å². The fraction of sp³-hybridized carbons (Fsp3) is 0.444. The van der Waals surface area contributed by atoms with Crippen LogP contribution in [0.2, 0.25) is 0 Å². The number of amides is 5. The Morgan fingerprint density at radius 1 is 0.826 bits per heavy atom. The molecule has 2 fully saturated rings. The molecule has 0 spiro atoms. The molecule has 6 N–H and O–H groups in total. The molecular formula is C45H52F2N6O15S. The SMILES string of the molecule is O=C1CCC(N2C(=O)c3c(NCCOCCOCCOCCOCCOCCOS(=O)(=O)c4cc5cc(N6CCC(O)(C(=O)NCc7cc(F)cc(F)c7)C6=O)ccc5[nH]4)cccc3C2O)C(=O)N1. The van der Waals surface area contributed by atoms with Gasteiger partial charge in [0.2, 0.25) is 17.4 Å². The van der Waals surface area contributed by atoms with E-state index >= 15 is 0 Å². The van der Waals surface area contributed by atoms with Crippen molar-refractivity contribution >= 4 is 61.9 Å². The quantitative estimate of drug-likeness (QED) is 0.0225. The molecule has 4 heterocycles. The lowest BCUT2D eigenvalue weighted by molar-refractivity contribution is -0.149. The molecule has 3 unspecified atom stereocenters. The highest BCUT2D eigenvalue weighted by Gasteiger charge is 2.52. The van der Waals surface area contributed by atoms with Crippen LogP contribution in [-0.2, 0) is 63.7 Å². The first kappa shape index (κ1) is 50.9. The molecule has 21 nitrogen and oxygen atoms in total. The second-order valence-corrected chi connectivity index (χ2v) is 17.6. The second-order valence-electron chi connectivity index (χ2n) is 16.0. The molecule has 7 rings (SSSR count). The van der Waals surface area contributed by atoms with E-state index in [0.717, 1.165) is 17.0 Å². The third kappa shape index (κ3) is 12.4. The minimum atomic E-state index is -4.23. The zero-order valence-corrected chi connectivity index (χ0v) is 38.0. The van der Waals surface area contributed by atoms with Crippen molar-refractivity contribution in [1.29, 1.82) is 0 Å². The number of carbonyl (C=O) groups is 5. The molecule has 0 bridgehead atoms. The fourth-order valence-corrected chi connectivity index (χ4v) is 8.85. The number of hydrogen-bond donors (Lipinski definition) is 6. The van der Waals surface area contributed by atoms with Crippen molar-refractivity contribution in [2.45, 2.75) is 48.7 Å². The number of aliphatic hydroxyl groups is 2. The summed E-state index contributed by atoms with van der Waals surface area (Å²) in [5, 5.41) is 29.7. The molecule has 3 aliphatic heterocycles. The van der Waals surface area contributed by atoms with Gasteiger partial charge in [0.25, 0.3) is 17.7 Å². The van der Waals surface area contributed by atoms with E-state index in [0.29, 0.717) is 86.7 Å². The van der Waals surface area contributed by atoms with Gasteiger partial charge in [-0.1, -0.05) is 12.1 Å². The van der Waals surface area contributed by atoms with Crippen LogP contribution >= 0.6 is 0 Å². The van der Waals surface area contributed by atoms with Crippen molar-refractivity contribution in [2.24, 2.45) is 0 Å². The zero-order valence-electron chi connectivity index (χ0n) is 37.2. The van der Waals surface area contributed by atoms with E-state index in [1.807, 2.05) is 0 Å². The van der Waals surface area contributed by atoms with E-state index in [1.165, 1.54) is 29.2 Å². The van der Waals surface area contributed by atoms with Gasteiger partial charge in [0, 0.05) is 66.4 Å². The van der Waals surface area contributed by atoms with Crippen LogP contribution in [0.3, 0.4) is 0 Å². The van der Waals surface area contributed by atoms with Gasteiger partial charge in [-0.25, -0.2) is 8.78 Å². The number of aromatic amines is 1. The number of rotatable bonds is 26. The number of H-pyrrole nitrogens is 1. The summed E-state index contributed by atoms with van der Waals surface area (Å²) in [7, 11) is -4.23. The number of fused-ring (bicyclic) bond motifs is 2. The molecule has 2 saturated heterocycles. The number of benzene rings is 3. The highest BCUT2D eigenvalue weighted by atomic mass is 32.2. The van der Waals surface area contributed by atoms with Crippen LogP contribution in [-0.4, -0.2) is 155 Å². The van der Waals surface area contributed by atoms with Crippen LogP contribution in [0.25, 0.3) is 10.9 Å². The van der Waals surface area contributed by atoms with Gasteiger partial charge in [-0.2, -0.15) is 8.42 Å². The molecule has 1 aromatic heterocycles. The summed E-state index contributed by atoms with van der Waals surface area (Å²) in [6, 6.07) is 12.7. The summed E-state index contributed by atoms with van der Waals surface area (Å²) in [6.45, 7) is 2.31. The van der Waals surface area contributed by atoms with Crippen LogP contribution in [0.4, 0.5) is 20.2 Å². The van der Waals surface area contributed by atoms with E-state index in [9.17, 15) is 51.4 Å². The predicted octanol–water partition coefficient (Wildman–Crippen LogP) is 1.38. The Bertz CT molecular complexity index is 2620. The molecular weight excluding hydrogens is 935 g/mol. The minimum absolute atomic E-state index is 0.0319. The third-order valence-electron chi connectivity index (χ3n) is 11.4. The van der Waals surface area contributed by atoms with Crippen LogP contribution in [0.15, 0.2) is 65.7 Å². The largest absolute Gasteiger partial charge is 0.382 e. The Morgan fingerprint density at radius 3 is 2.12 bits per heavy atom. The minimum Gasteiger partial charge on any atom is -0.382 e. The van der Waals surface area contributed by atoms with E-state index in [2.05, 4.69) is 20.9 Å². The fourth-order valence-electron chi connectivity index (χ4n) is 7.93. The van der Waals surface area contributed by atoms with Gasteiger partial charge in [0.05, 0.1) is 78.2 Å². The van der Waals surface area contributed by atoms with Gasteiger partial charge in [-0.05, 0) is 54.4 Å². The standard InChI is InChI=1S/C45H52F2N6O15S/c46-30-22-28(23-31(47)26-30)27-49-43(58)45(60)8-10-52(44(45)59)32-4-5-34-29(24-32)25-38(50-34)69(61,62)68-21-20-67-19-18-66-17-16-65-15-14-64-13-12-63-11-9-48-35-3-1-2-33-39(35)42(57)53(41(33)56)36-6-7-37(54)51-40(36)55/h1-5,22-26,36,41,48,50,56,60H,6-21,27H2,(H,49,58)(H,51,54,55). The molecule has 4 aromatic rings. The number of halogens is 2. The Morgan fingerprint density at radius 2 is 1.46 bits per heavy atom. The zero-order chi connectivity index (χ0) is 49.1. The monoisotopic (exact) mass is 986 g/mol. The first-order valence-electron chi connectivity index (χ1n) is 22.1. The number of aromatic nitrogens is 1. The van der Waals surface area contributed by atoms with E-state index in [-0.39, 0.29) is 74.9 Å². The number of aliphatic hydroxyl groups excluding tert-OH is 1. The summed E-state index contributed by atoms with van der Waals surface area (Å²) >= 11 is 0. The Kier molecular flexibility index (Phi) is 17.0. The maximum absolute atomic E-state index is 13.5. The lowest BCUT2D eigenvalue weighted by Gasteiger charge is -2.31. The van der Waals surface area contributed by atoms with Crippen molar-refractivity contribution in [2.75, 3.05) is 96.0 Å². The maximum atomic E-state index is 13.5. The summed E-state index contributed by atoms with van der Waals surface area (Å²) in [6.07, 6.45) is -1.35. The number of ether oxygens (including phenoxy) is 5. The van der Waals surface area contributed by atoms with Crippen LogP contribution in [0.5, 0.6) is 0 Å². The third-order valence-corrected chi connectivity index (χ3v) is 12.6. The second kappa shape index (κ2) is 23.1. The van der Waals surface area contributed by atoms with Crippen molar-refractivity contribution in [1.82, 2.24) is 20.5 Å². The molecule has 3 aromatic carbocycles. The highest BCUT2D eigenvalue weighted by Crippen LogP contribution is 2.39. The van der Waals surface area contributed by atoms with Crippen molar-refractivity contribution in [3.63, 3.8) is 0 Å². The first-order valence-corrected chi connectivity index (χ1v) is 23.5. The summed E-state index contributed by atoms with van der Waals surface area (Å²) in [4.78, 5) is 68.4. The highest BCUT2D eigenvalue weighted by molar-refractivity contribution is 7.86. The number of piperidine rings is 1. The number of hydrogen-bond acceptors (Lipinski definition) is 16. The molecule has 3 aliphatic rings. The molecule has 3 atom stereocenters. The van der Waals surface area contributed by atoms with Crippen molar-refractivity contribution < 1.29 is 79.3 Å². The van der Waals surface area contributed by atoms with E-state index in [1.54, 1.807) is 18.2 Å². The van der Waals surface area contributed by atoms with Crippen molar-refractivity contribution in [3.05, 3.63) is 89.0 Å². The lowest BCUT2D eigenvalue weighted by atomic mass is 10.0. The molecule has 0 aliphatic carbocycles. The average Bonchev–Trinajstić information content (AvgIpc) is 3.97. The summed E-state index contributed by atoms with van der Waals surface area (Å²) in [5.74, 6) is -5.15. The Labute approximate surface area is 394 Å². The number of nitrogens with one attached hydrogen (secondary N) is 4.